The lowest BCUT2D eigenvalue weighted by atomic mass is 10.2. The summed E-state index contributed by atoms with van der Waals surface area (Å²) in [4.78, 5) is 8.52. The minimum Gasteiger partial charge on any atom is -0.481 e. The normalized spacial score (nSPS) is 10.2. The highest BCUT2D eigenvalue weighted by molar-refractivity contribution is 5.37. The predicted molar refractivity (Wildman–Crippen MR) is 52.2 cm³/mol. The van der Waals surface area contributed by atoms with E-state index in [2.05, 4.69) is 15.3 Å². The second-order valence-electron chi connectivity index (χ2n) is 3.06. The first-order valence-corrected chi connectivity index (χ1v) is 4.28. The molecule has 0 aliphatic rings. The molecule has 0 amide bonds. The van der Waals surface area contributed by atoms with Crippen LogP contribution in [-0.2, 0) is 0 Å². The number of ether oxygens (including phenoxy) is 1. The molecule has 0 radical (unpaired) electrons. The maximum atomic E-state index is 5.06. The molecule has 0 aromatic carbocycles. The highest BCUT2D eigenvalue weighted by Gasteiger charge is 2.06. The van der Waals surface area contributed by atoms with E-state index in [9.17, 15) is 0 Å². The maximum absolute atomic E-state index is 5.06. The molecule has 1 heterocycles. The number of nitrogens with one attached hydrogen (secondary N) is 1. The first kappa shape index (κ1) is 9.77. The van der Waals surface area contributed by atoms with Crippen molar-refractivity contribution in [2.45, 2.75) is 19.8 Å². The molecule has 0 fully saturated rings. The van der Waals surface area contributed by atoms with E-state index < -0.39 is 0 Å². The lowest BCUT2D eigenvalue weighted by molar-refractivity contribution is 0.394. The van der Waals surface area contributed by atoms with Crippen molar-refractivity contribution in [1.29, 1.82) is 0 Å². The van der Waals surface area contributed by atoms with Crippen LogP contribution in [0.25, 0.3) is 0 Å². The number of rotatable bonds is 3. The van der Waals surface area contributed by atoms with Gasteiger partial charge in [-0.2, -0.15) is 4.98 Å². The Morgan fingerprint density at radius 2 is 2.08 bits per heavy atom. The minimum atomic E-state index is 0.308. The van der Waals surface area contributed by atoms with Crippen molar-refractivity contribution in [3.8, 4) is 5.88 Å². The zero-order chi connectivity index (χ0) is 9.84. The average Bonchev–Trinajstić information content (AvgIpc) is 2.16. The van der Waals surface area contributed by atoms with Gasteiger partial charge in [-0.1, -0.05) is 13.8 Å². The van der Waals surface area contributed by atoms with Crippen molar-refractivity contribution in [3.05, 3.63) is 11.9 Å². The summed E-state index contributed by atoms with van der Waals surface area (Å²) in [5.41, 5.74) is 0. The summed E-state index contributed by atoms with van der Waals surface area (Å²) in [5, 5.41) is 2.97. The van der Waals surface area contributed by atoms with Crippen LogP contribution in [0.2, 0.25) is 0 Å². The van der Waals surface area contributed by atoms with Gasteiger partial charge < -0.3 is 10.1 Å². The Bertz CT molecular complexity index is 264. The molecule has 1 aromatic rings. The van der Waals surface area contributed by atoms with Crippen LogP contribution in [0.5, 0.6) is 5.88 Å². The highest BCUT2D eigenvalue weighted by Crippen LogP contribution is 2.17. The fourth-order valence-corrected chi connectivity index (χ4v) is 0.934. The predicted octanol–water partition coefficient (Wildman–Crippen LogP) is 1.65. The summed E-state index contributed by atoms with van der Waals surface area (Å²) in [6.45, 7) is 4.10. The number of nitrogens with zero attached hydrogens (tertiary/aromatic N) is 2. The van der Waals surface area contributed by atoms with Crippen molar-refractivity contribution in [3.63, 3.8) is 0 Å². The van der Waals surface area contributed by atoms with E-state index in [4.69, 9.17) is 4.74 Å². The number of hydrogen-bond donors (Lipinski definition) is 1. The van der Waals surface area contributed by atoms with Gasteiger partial charge in [-0.3, -0.25) is 0 Å². The first-order chi connectivity index (χ1) is 6.17. The third kappa shape index (κ3) is 2.31. The largest absolute Gasteiger partial charge is 0.481 e. The van der Waals surface area contributed by atoms with Gasteiger partial charge in [0.15, 0.2) is 0 Å². The van der Waals surface area contributed by atoms with Crippen molar-refractivity contribution < 1.29 is 4.74 Å². The van der Waals surface area contributed by atoms with Gasteiger partial charge in [0.05, 0.1) is 7.11 Å². The van der Waals surface area contributed by atoms with E-state index in [0.717, 1.165) is 11.6 Å². The molecule has 4 nitrogen and oxygen atoms in total. The van der Waals surface area contributed by atoms with E-state index in [-0.39, 0.29) is 0 Å². The standard InChI is InChI=1S/C9H15N3O/c1-6(2)9-11-7(10-3)5-8(12-9)13-4/h5-6H,1-4H3,(H,10,11,12). The van der Waals surface area contributed by atoms with E-state index >= 15 is 0 Å². The Labute approximate surface area is 78.4 Å². The van der Waals surface area contributed by atoms with Crippen molar-refractivity contribution in [1.82, 2.24) is 9.97 Å². The molecule has 0 saturated heterocycles. The van der Waals surface area contributed by atoms with Crippen LogP contribution in [-0.4, -0.2) is 24.1 Å². The molecule has 72 valence electrons. The third-order valence-electron chi connectivity index (χ3n) is 1.70. The van der Waals surface area contributed by atoms with Crippen LogP contribution in [0.4, 0.5) is 5.82 Å². The summed E-state index contributed by atoms with van der Waals surface area (Å²) >= 11 is 0. The Hall–Kier alpha value is -1.32. The van der Waals surface area contributed by atoms with Gasteiger partial charge in [0.2, 0.25) is 5.88 Å². The Morgan fingerprint density at radius 3 is 2.54 bits per heavy atom. The Balaban J connectivity index is 3.07. The number of hydrogen-bond acceptors (Lipinski definition) is 4. The summed E-state index contributed by atoms with van der Waals surface area (Å²) in [7, 11) is 3.43. The zero-order valence-corrected chi connectivity index (χ0v) is 8.46. The molecule has 0 unspecified atom stereocenters. The fraction of sp³-hybridized carbons (Fsp3) is 0.556. The van der Waals surface area contributed by atoms with Crippen molar-refractivity contribution in [2.24, 2.45) is 0 Å². The summed E-state index contributed by atoms with van der Waals surface area (Å²) in [6.07, 6.45) is 0. The maximum Gasteiger partial charge on any atom is 0.218 e. The number of methoxy groups -OCH3 is 1. The number of aromatic nitrogens is 2. The van der Waals surface area contributed by atoms with Gasteiger partial charge in [0.25, 0.3) is 0 Å². The van der Waals surface area contributed by atoms with Crippen LogP contribution in [0.15, 0.2) is 6.07 Å². The van der Waals surface area contributed by atoms with E-state index in [1.807, 2.05) is 20.9 Å². The monoisotopic (exact) mass is 181 g/mol. The molecule has 0 spiro atoms. The van der Waals surface area contributed by atoms with Gasteiger partial charge in [0, 0.05) is 19.0 Å². The van der Waals surface area contributed by atoms with Gasteiger partial charge in [-0.25, -0.2) is 4.98 Å². The van der Waals surface area contributed by atoms with Gasteiger partial charge in [-0.05, 0) is 0 Å². The molecular formula is C9H15N3O. The van der Waals surface area contributed by atoms with Crippen LogP contribution < -0.4 is 10.1 Å². The molecule has 0 bridgehead atoms. The minimum absolute atomic E-state index is 0.308. The Morgan fingerprint density at radius 1 is 1.38 bits per heavy atom. The Kier molecular flexibility index (Phi) is 3.06. The van der Waals surface area contributed by atoms with Crippen LogP contribution in [0.1, 0.15) is 25.6 Å². The van der Waals surface area contributed by atoms with Crippen molar-refractivity contribution >= 4 is 5.82 Å². The van der Waals surface area contributed by atoms with Crippen LogP contribution >= 0.6 is 0 Å². The highest BCUT2D eigenvalue weighted by atomic mass is 16.5. The topological polar surface area (TPSA) is 47.0 Å². The van der Waals surface area contributed by atoms with Gasteiger partial charge in [-0.15, -0.1) is 0 Å². The van der Waals surface area contributed by atoms with Crippen molar-refractivity contribution in [2.75, 3.05) is 19.5 Å². The van der Waals surface area contributed by atoms with Gasteiger partial charge in [0.1, 0.15) is 11.6 Å². The molecule has 0 saturated carbocycles. The van der Waals surface area contributed by atoms with E-state index in [0.29, 0.717) is 11.8 Å². The van der Waals surface area contributed by atoms with Crippen LogP contribution in [0, 0.1) is 0 Å². The quantitative estimate of drug-likeness (QED) is 0.770. The molecule has 1 rings (SSSR count). The lowest BCUT2D eigenvalue weighted by Crippen LogP contribution is -2.03. The second kappa shape index (κ2) is 4.07. The molecule has 0 atom stereocenters. The van der Waals surface area contributed by atoms with Crippen LogP contribution in [0.3, 0.4) is 0 Å². The fourth-order valence-electron chi connectivity index (χ4n) is 0.934. The smallest absolute Gasteiger partial charge is 0.218 e. The first-order valence-electron chi connectivity index (χ1n) is 4.28. The molecule has 0 aliphatic carbocycles. The summed E-state index contributed by atoms with van der Waals surface area (Å²) in [5.74, 6) is 2.49. The summed E-state index contributed by atoms with van der Waals surface area (Å²) < 4.78 is 5.06. The molecular weight excluding hydrogens is 166 g/mol. The van der Waals surface area contributed by atoms with E-state index in [1.165, 1.54) is 0 Å². The second-order valence-corrected chi connectivity index (χ2v) is 3.06. The average molecular weight is 181 g/mol. The molecule has 1 aromatic heterocycles. The summed E-state index contributed by atoms with van der Waals surface area (Å²) in [6, 6.07) is 1.77. The molecule has 1 N–H and O–H groups in total. The molecule has 0 aliphatic heterocycles. The molecule has 4 heteroatoms. The van der Waals surface area contributed by atoms with E-state index in [1.54, 1.807) is 13.2 Å². The molecule has 13 heavy (non-hydrogen) atoms. The lowest BCUT2D eigenvalue weighted by Gasteiger charge is -2.08. The third-order valence-corrected chi connectivity index (χ3v) is 1.70. The SMILES string of the molecule is CNc1cc(OC)nc(C(C)C)n1. The zero-order valence-electron chi connectivity index (χ0n) is 8.46. The number of anilines is 1. The van der Waals surface area contributed by atoms with Gasteiger partial charge >= 0.3 is 0 Å².